The van der Waals surface area contributed by atoms with E-state index >= 15 is 0 Å². The second-order valence-electron chi connectivity index (χ2n) is 6.38. The van der Waals surface area contributed by atoms with Gasteiger partial charge in [-0.15, -0.1) is 11.3 Å². The van der Waals surface area contributed by atoms with Crippen LogP contribution in [0, 0.1) is 0 Å². The van der Waals surface area contributed by atoms with Crippen molar-refractivity contribution in [3.8, 4) is 16.3 Å². The highest BCUT2D eigenvalue weighted by molar-refractivity contribution is 7.80. The van der Waals surface area contributed by atoms with Crippen molar-refractivity contribution in [3.63, 3.8) is 0 Å². The van der Waals surface area contributed by atoms with Gasteiger partial charge in [-0.3, -0.25) is 4.79 Å². The summed E-state index contributed by atoms with van der Waals surface area (Å²) in [5.41, 5.74) is 3.06. The molecule has 1 aromatic heterocycles. The lowest BCUT2D eigenvalue weighted by Crippen LogP contribution is -2.35. The molecule has 0 spiro atoms. The highest BCUT2D eigenvalue weighted by Crippen LogP contribution is 2.36. The molecule has 4 rings (SSSR count). The summed E-state index contributed by atoms with van der Waals surface area (Å²) in [7, 11) is 0. The van der Waals surface area contributed by atoms with Crippen LogP contribution in [0.5, 0.6) is 5.75 Å². The van der Waals surface area contributed by atoms with Gasteiger partial charge >= 0.3 is 0 Å². The number of carbonyl (C=O) groups excluding carboxylic acids is 1. The number of thiazole rings is 1. The largest absolute Gasteiger partial charge is 0.507 e. The molecule has 0 bridgehead atoms. The lowest BCUT2D eigenvalue weighted by atomic mass is 10.1. The Morgan fingerprint density at radius 2 is 1.79 bits per heavy atom. The minimum atomic E-state index is -0.195. The Labute approximate surface area is 177 Å². The standard InChI is InChI=1S/C22H17N3O2S2/c26-18-11-10-15(13-16(18)21-24-17-8-4-5-9-19(17)29-21)23-22(28)25-20(27)12-14-6-2-1-3-7-14/h1-11,13,26H,12H2,(H2,23,25,27,28). The van der Waals surface area contributed by atoms with E-state index in [0.29, 0.717) is 16.3 Å². The molecule has 3 N–H and O–H groups in total. The van der Waals surface area contributed by atoms with Crippen LogP contribution >= 0.6 is 23.6 Å². The summed E-state index contributed by atoms with van der Waals surface area (Å²) in [6, 6.07) is 22.3. The summed E-state index contributed by atoms with van der Waals surface area (Å²) in [6.45, 7) is 0. The molecule has 7 heteroatoms. The first-order chi connectivity index (χ1) is 14.1. The molecule has 0 atom stereocenters. The number of benzene rings is 3. The van der Waals surface area contributed by atoms with Gasteiger partial charge in [0.25, 0.3) is 0 Å². The van der Waals surface area contributed by atoms with Gasteiger partial charge in [0.05, 0.1) is 22.2 Å². The minimum Gasteiger partial charge on any atom is -0.507 e. The fourth-order valence-electron chi connectivity index (χ4n) is 2.89. The molecule has 29 heavy (non-hydrogen) atoms. The third-order valence-electron chi connectivity index (χ3n) is 4.24. The van der Waals surface area contributed by atoms with Gasteiger partial charge in [-0.05, 0) is 48.1 Å². The molecule has 3 aromatic carbocycles. The van der Waals surface area contributed by atoms with Crippen LogP contribution in [0.4, 0.5) is 5.69 Å². The summed E-state index contributed by atoms with van der Waals surface area (Å²) in [6.07, 6.45) is 0.245. The summed E-state index contributed by atoms with van der Waals surface area (Å²) >= 11 is 6.76. The average molecular weight is 420 g/mol. The van der Waals surface area contributed by atoms with Gasteiger partial charge < -0.3 is 15.7 Å². The third-order valence-corrected chi connectivity index (χ3v) is 5.51. The van der Waals surface area contributed by atoms with E-state index in [1.54, 1.807) is 18.2 Å². The lowest BCUT2D eigenvalue weighted by molar-refractivity contribution is -0.119. The first-order valence-corrected chi connectivity index (χ1v) is 10.1. The molecule has 0 fully saturated rings. The molecule has 1 amide bonds. The minimum absolute atomic E-state index is 0.133. The molecule has 0 radical (unpaired) electrons. The Morgan fingerprint density at radius 3 is 2.59 bits per heavy atom. The van der Waals surface area contributed by atoms with E-state index < -0.39 is 0 Å². The van der Waals surface area contributed by atoms with Crippen molar-refractivity contribution in [2.24, 2.45) is 0 Å². The average Bonchev–Trinajstić information content (AvgIpc) is 3.14. The topological polar surface area (TPSA) is 74.2 Å². The SMILES string of the molecule is O=C(Cc1ccccc1)NC(=S)Nc1ccc(O)c(-c2nc3ccccc3s2)c1. The van der Waals surface area contributed by atoms with E-state index in [-0.39, 0.29) is 23.2 Å². The molecule has 0 saturated heterocycles. The van der Waals surface area contributed by atoms with E-state index in [4.69, 9.17) is 12.2 Å². The van der Waals surface area contributed by atoms with E-state index in [1.165, 1.54) is 11.3 Å². The van der Waals surface area contributed by atoms with Gasteiger partial charge in [0, 0.05) is 5.69 Å². The van der Waals surface area contributed by atoms with E-state index in [0.717, 1.165) is 15.8 Å². The summed E-state index contributed by atoms with van der Waals surface area (Å²) in [5, 5.41) is 16.9. The summed E-state index contributed by atoms with van der Waals surface area (Å²) in [5.74, 6) is -0.0625. The number of fused-ring (bicyclic) bond motifs is 1. The number of phenols is 1. The number of anilines is 1. The molecule has 0 unspecified atom stereocenters. The smallest absolute Gasteiger partial charge is 0.230 e. The number of hydrogen-bond donors (Lipinski definition) is 3. The monoisotopic (exact) mass is 419 g/mol. The number of phenolic OH excluding ortho intramolecular Hbond substituents is 1. The van der Waals surface area contributed by atoms with Gasteiger partial charge in [-0.25, -0.2) is 4.98 Å². The van der Waals surface area contributed by atoms with Crippen LogP contribution < -0.4 is 10.6 Å². The molecule has 0 saturated carbocycles. The number of carbonyl (C=O) groups is 1. The maximum atomic E-state index is 12.2. The number of nitrogens with one attached hydrogen (secondary N) is 2. The van der Waals surface area contributed by atoms with E-state index in [9.17, 15) is 9.90 Å². The number of hydrogen-bond acceptors (Lipinski definition) is 5. The van der Waals surface area contributed by atoms with Crippen molar-refractivity contribution in [1.82, 2.24) is 10.3 Å². The summed E-state index contributed by atoms with van der Waals surface area (Å²) in [4.78, 5) is 16.8. The molecule has 4 aromatic rings. The Morgan fingerprint density at radius 1 is 1.03 bits per heavy atom. The van der Waals surface area contributed by atoms with Crippen molar-refractivity contribution >= 4 is 50.5 Å². The quantitative estimate of drug-likeness (QED) is 0.330. The van der Waals surface area contributed by atoms with Crippen LogP contribution in [-0.4, -0.2) is 21.1 Å². The van der Waals surface area contributed by atoms with Crippen molar-refractivity contribution in [2.45, 2.75) is 6.42 Å². The molecule has 5 nitrogen and oxygen atoms in total. The maximum absolute atomic E-state index is 12.2. The predicted molar refractivity (Wildman–Crippen MR) is 121 cm³/mol. The number of nitrogens with zero attached hydrogens (tertiary/aromatic N) is 1. The Balaban J connectivity index is 1.47. The van der Waals surface area contributed by atoms with Gasteiger partial charge in [0.15, 0.2) is 5.11 Å². The van der Waals surface area contributed by atoms with Crippen LogP contribution in [0.15, 0.2) is 72.8 Å². The van der Waals surface area contributed by atoms with Crippen molar-refractivity contribution in [3.05, 3.63) is 78.4 Å². The fraction of sp³-hybridized carbons (Fsp3) is 0.0455. The fourth-order valence-corrected chi connectivity index (χ4v) is 4.11. The predicted octanol–water partition coefficient (Wildman–Crippen LogP) is 4.72. The molecule has 144 valence electrons. The van der Waals surface area contributed by atoms with E-state index in [1.807, 2.05) is 54.6 Å². The second-order valence-corrected chi connectivity index (χ2v) is 7.82. The normalized spacial score (nSPS) is 10.6. The lowest BCUT2D eigenvalue weighted by Gasteiger charge is -2.11. The molecule has 0 aliphatic heterocycles. The van der Waals surface area contributed by atoms with Crippen molar-refractivity contribution in [2.75, 3.05) is 5.32 Å². The summed E-state index contributed by atoms with van der Waals surface area (Å²) < 4.78 is 1.05. The second kappa shape index (κ2) is 8.38. The third kappa shape index (κ3) is 4.59. The molecule has 1 heterocycles. The Bertz CT molecular complexity index is 1160. The van der Waals surface area contributed by atoms with Crippen LogP contribution in [0.2, 0.25) is 0 Å². The molecular formula is C22H17N3O2S2. The number of amides is 1. The van der Waals surface area contributed by atoms with Gasteiger partial charge in [0.2, 0.25) is 5.91 Å². The number of thiocarbonyl (C=S) groups is 1. The zero-order valence-electron chi connectivity index (χ0n) is 15.3. The van der Waals surface area contributed by atoms with Gasteiger partial charge in [-0.2, -0.15) is 0 Å². The highest BCUT2D eigenvalue weighted by atomic mass is 32.1. The highest BCUT2D eigenvalue weighted by Gasteiger charge is 2.12. The van der Waals surface area contributed by atoms with Crippen LogP contribution in [-0.2, 0) is 11.2 Å². The number of para-hydroxylation sites is 1. The van der Waals surface area contributed by atoms with Gasteiger partial charge in [-0.1, -0.05) is 42.5 Å². The van der Waals surface area contributed by atoms with Crippen LogP contribution in [0.25, 0.3) is 20.8 Å². The Hall–Kier alpha value is -3.29. The number of aromatic nitrogens is 1. The number of rotatable bonds is 4. The van der Waals surface area contributed by atoms with Crippen molar-refractivity contribution < 1.29 is 9.90 Å². The molecule has 0 aliphatic rings. The number of aromatic hydroxyl groups is 1. The van der Waals surface area contributed by atoms with Crippen LogP contribution in [0.3, 0.4) is 0 Å². The zero-order valence-corrected chi connectivity index (χ0v) is 16.9. The first kappa shape index (κ1) is 19.0. The molecular weight excluding hydrogens is 402 g/mol. The first-order valence-electron chi connectivity index (χ1n) is 8.92. The maximum Gasteiger partial charge on any atom is 0.230 e. The van der Waals surface area contributed by atoms with Crippen LogP contribution in [0.1, 0.15) is 5.56 Å². The molecule has 0 aliphatic carbocycles. The van der Waals surface area contributed by atoms with Gasteiger partial charge in [0.1, 0.15) is 10.8 Å². The van der Waals surface area contributed by atoms with E-state index in [2.05, 4.69) is 15.6 Å². The Kier molecular flexibility index (Phi) is 5.50. The van der Waals surface area contributed by atoms with Crippen molar-refractivity contribution in [1.29, 1.82) is 0 Å². The zero-order chi connectivity index (χ0) is 20.2.